The molecular weight excluding hydrogens is 240 g/mol. The van der Waals surface area contributed by atoms with Gasteiger partial charge in [0.05, 0.1) is 0 Å². The minimum atomic E-state index is -0.119. The minimum Gasteiger partial charge on any atom is -0.353 e. The van der Waals surface area contributed by atoms with E-state index in [4.69, 9.17) is 9.47 Å². The molecule has 3 nitrogen and oxygen atoms in total. The molecule has 1 aliphatic heterocycles. The minimum absolute atomic E-state index is 0.119. The Labute approximate surface area is 113 Å². The van der Waals surface area contributed by atoms with Gasteiger partial charge in [-0.1, -0.05) is 23.5 Å². The fraction of sp³-hybridized carbons (Fsp3) is 0.438. The molecule has 0 spiro atoms. The number of carbonyl (C=O) groups is 1. The van der Waals surface area contributed by atoms with Crippen molar-refractivity contribution in [1.82, 2.24) is 0 Å². The molecule has 1 aromatic carbocycles. The van der Waals surface area contributed by atoms with Gasteiger partial charge in [-0.05, 0) is 38.3 Å². The second kappa shape index (κ2) is 7.08. The summed E-state index contributed by atoms with van der Waals surface area (Å²) in [6, 6.07) is 5.65. The lowest BCUT2D eigenvalue weighted by atomic mass is 10.1. The number of hydrogen-bond acceptors (Lipinski definition) is 3. The molecule has 1 heterocycles. The Morgan fingerprint density at radius 2 is 2.37 bits per heavy atom. The van der Waals surface area contributed by atoms with Crippen LogP contribution in [0.2, 0.25) is 0 Å². The Morgan fingerprint density at radius 1 is 1.47 bits per heavy atom. The van der Waals surface area contributed by atoms with Gasteiger partial charge in [0.1, 0.15) is 6.61 Å². The summed E-state index contributed by atoms with van der Waals surface area (Å²) in [6.45, 7) is 3.05. The molecular formula is C16H18O3. The molecule has 100 valence electrons. The van der Waals surface area contributed by atoms with E-state index in [0.717, 1.165) is 43.3 Å². The molecule has 1 atom stereocenters. The summed E-state index contributed by atoms with van der Waals surface area (Å²) in [4.78, 5) is 10.9. The van der Waals surface area contributed by atoms with Gasteiger partial charge in [0.15, 0.2) is 12.6 Å². The number of aryl methyl sites for hydroxylation is 1. The summed E-state index contributed by atoms with van der Waals surface area (Å²) in [5.74, 6) is 5.90. The largest absolute Gasteiger partial charge is 0.353 e. The van der Waals surface area contributed by atoms with Crippen molar-refractivity contribution in [1.29, 1.82) is 0 Å². The van der Waals surface area contributed by atoms with E-state index in [1.165, 1.54) is 0 Å². The van der Waals surface area contributed by atoms with Crippen LogP contribution in [0.15, 0.2) is 18.2 Å². The lowest BCUT2D eigenvalue weighted by Crippen LogP contribution is -2.22. The molecule has 2 rings (SSSR count). The lowest BCUT2D eigenvalue weighted by molar-refractivity contribution is -0.154. The maximum atomic E-state index is 10.9. The second-order valence-electron chi connectivity index (χ2n) is 4.62. The molecule has 1 saturated heterocycles. The van der Waals surface area contributed by atoms with Crippen LogP contribution in [-0.4, -0.2) is 25.8 Å². The first-order valence-corrected chi connectivity index (χ1v) is 6.57. The van der Waals surface area contributed by atoms with Crippen molar-refractivity contribution in [2.24, 2.45) is 0 Å². The van der Waals surface area contributed by atoms with Crippen molar-refractivity contribution in [3.63, 3.8) is 0 Å². The van der Waals surface area contributed by atoms with E-state index in [0.29, 0.717) is 12.2 Å². The predicted molar refractivity (Wildman–Crippen MR) is 73.0 cm³/mol. The number of rotatable bonds is 3. The average Bonchev–Trinajstić information content (AvgIpc) is 2.46. The second-order valence-corrected chi connectivity index (χ2v) is 4.62. The molecule has 0 radical (unpaired) electrons. The van der Waals surface area contributed by atoms with Gasteiger partial charge in [-0.2, -0.15) is 0 Å². The van der Waals surface area contributed by atoms with Gasteiger partial charge in [0, 0.05) is 17.7 Å². The molecule has 3 heteroatoms. The zero-order chi connectivity index (χ0) is 13.5. The standard InChI is InChI=1S/C16H18O3/c1-13-7-8-14(15(11-13)12-17)5-4-10-19-16-6-2-3-9-18-16/h7-8,11-12,16H,2-3,6,9-10H2,1H3. The highest BCUT2D eigenvalue weighted by molar-refractivity contribution is 5.79. The number of benzene rings is 1. The lowest BCUT2D eigenvalue weighted by Gasteiger charge is -2.21. The Morgan fingerprint density at radius 3 is 3.11 bits per heavy atom. The van der Waals surface area contributed by atoms with Crippen LogP contribution >= 0.6 is 0 Å². The van der Waals surface area contributed by atoms with E-state index < -0.39 is 0 Å². The molecule has 19 heavy (non-hydrogen) atoms. The van der Waals surface area contributed by atoms with Crippen LogP contribution in [0.25, 0.3) is 0 Å². The zero-order valence-electron chi connectivity index (χ0n) is 11.1. The number of aldehydes is 1. The van der Waals surface area contributed by atoms with Gasteiger partial charge in [-0.3, -0.25) is 4.79 Å². The number of ether oxygens (including phenoxy) is 2. The fourth-order valence-electron chi connectivity index (χ4n) is 2.00. The molecule has 0 bridgehead atoms. The topological polar surface area (TPSA) is 35.5 Å². The molecule has 0 aromatic heterocycles. The molecule has 0 aliphatic carbocycles. The summed E-state index contributed by atoms with van der Waals surface area (Å²) in [7, 11) is 0. The third-order valence-electron chi connectivity index (χ3n) is 3.04. The predicted octanol–water partition coefficient (Wildman–Crippen LogP) is 2.70. The van der Waals surface area contributed by atoms with Crippen molar-refractivity contribution in [3.8, 4) is 11.8 Å². The summed E-state index contributed by atoms with van der Waals surface area (Å²) in [6.07, 6.45) is 3.91. The van der Waals surface area contributed by atoms with Gasteiger partial charge in [-0.15, -0.1) is 0 Å². The van der Waals surface area contributed by atoms with Crippen LogP contribution < -0.4 is 0 Å². The van der Waals surface area contributed by atoms with E-state index in [1.807, 2.05) is 25.1 Å². The molecule has 0 N–H and O–H groups in total. The third-order valence-corrected chi connectivity index (χ3v) is 3.04. The molecule has 1 aromatic rings. The first-order chi connectivity index (χ1) is 9.29. The maximum Gasteiger partial charge on any atom is 0.158 e. The van der Waals surface area contributed by atoms with Crippen LogP contribution in [0.3, 0.4) is 0 Å². The number of hydrogen-bond donors (Lipinski definition) is 0. The van der Waals surface area contributed by atoms with Crippen LogP contribution in [0.5, 0.6) is 0 Å². The van der Waals surface area contributed by atoms with Crippen LogP contribution in [-0.2, 0) is 9.47 Å². The van der Waals surface area contributed by atoms with Crippen molar-refractivity contribution in [2.75, 3.05) is 13.2 Å². The average molecular weight is 258 g/mol. The summed E-state index contributed by atoms with van der Waals surface area (Å²) in [5.41, 5.74) is 2.43. The Balaban J connectivity index is 1.90. The monoisotopic (exact) mass is 258 g/mol. The number of carbonyl (C=O) groups excluding carboxylic acids is 1. The van der Waals surface area contributed by atoms with E-state index in [-0.39, 0.29) is 6.29 Å². The van der Waals surface area contributed by atoms with E-state index in [9.17, 15) is 4.79 Å². The van der Waals surface area contributed by atoms with Gasteiger partial charge >= 0.3 is 0 Å². The van der Waals surface area contributed by atoms with Gasteiger partial charge in [-0.25, -0.2) is 0 Å². The van der Waals surface area contributed by atoms with Crippen LogP contribution in [0, 0.1) is 18.8 Å². The van der Waals surface area contributed by atoms with E-state index in [2.05, 4.69) is 11.8 Å². The Hall–Kier alpha value is -1.63. The third kappa shape index (κ3) is 4.20. The highest BCUT2D eigenvalue weighted by atomic mass is 16.7. The first kappa shape index (κ1) is 13.8. The van der Waals surface area contributed by atoms with Gasteiger partial charge in [0.25, 0.3) is 0 Å². The van der Waals surface area contributed by atoms with E-state index in [1.54, 1.807) is 0 Å². The Kier molecular flexibility index (Phi) is 5.14. The van der Waals surface area contributed by atoms with Crippen LogP contribution in [0.1, 0.15) is 40.7 Å². The van der Waals surface area contributed by atoms with Crippen molar-refractivity contribution >= 4 is 6.29 Å². The summed E-state index contributed by atoms with van der Waals surface area (Å²) in [5, 5.41) is 0. The molecule has 0 saturated carbocycles. The Bertz CT molecular complexity index is 490. The first-order valence-electron chi connectivity index (χ1n) is 6.57. The van der Waals surface area contributed by atoms with Gasteiger partial charge in [0.2, 0.25) is 0 Å². The molecule has 1 unspecified atom stereocenters. The van der Waals surface area contributed by atoms with E-state index >= 15 is 0 Å². The van der Waals surface area contributed by atoms with Crippen molar-refractivity contribution in [3.05, 3.63) is 34.9 Å². The zero-order valence-corrected chi connectivity index (χ0v) is 11.1. The highest BCUT2D eigenvalue weighted by Crippen LogP contribution is 2.13. The van der Waals surface area contributed by atoms with Crippen LogP contribution in [0.4, 0.5) is 0 Å². The molecule has 1 aliphatic rings. The molecule has 0 amide bonds. The molecule has 1 fully saturated rings. The quantitative estimate of drug-likeness (QED) is 0.617. The SMILES string of the molecule is Cc1ccc(C#CCOC2CCCCO2)c(C=O)c1. The normalized spacial score (nSPS) is 18.5. The fourth-order valence-corrected chi connectivity index (χ4v) is 2.00. The smallest absolute Gasteiger partial charge is 0.158 e. The van der Waals surface area contributed by atoms with Gasteiger partial charge < -0.3 is 9.47 Å². The van der Waals surface area contributed by atoms with Crippen molar-refractivity contribution in [2.45, 2.75) is 32.5 Å². The summed E-state index contributed by atoms with van der Waals surface area (Å²) >= 11 is 0. The highest BCUT2D eigenvalue weighted by Gasteiger charge is 2.12. The summed E-state index contributed by atoms with van der Waals surface area (Å²) < 4.78 is 11.0. The maximum absolute atomic E-state index is 10.9. The van der Waals surface area contributed by atoms with Crippen molar-refractivity contribution < 1.29 is 14.3 Å².